The van der Waals surface area contributed by atoms with Crippen molar-refractivity contribution in [3.8, 4) is 5.75 Å². The Bertz CT molecular complexity index is 647. The molecule has 0 aromatic heterocycles. The third-order valence-electron chi connectivity index (χ3n) is 3.04. The van der Waals surface area contributed by atoms with Crippen LogP contribution in [0.2, 0.25) is 0 Å². The number of carbonyl (C=O) groups excluding carboxylic acids is 1. The van der Waals surface area contributed by atoms with Gasteiger partial charge in [0.25, 0.3) is 5.91 Å². The standard InChI is InChI=1S/C16H14BrF2NO2/c1-10(12-3-2-4-14(9-12)22-16(18)19)20-15(21)11-5-7-13(17)8-6-11/h2-10,16H,1H3,(H,20,21). The van der Waals surface area contributed by atoms with Crippen molar-refractivity contribution in [1.82, 2.24) is 5.32 Å². The Kier molecular flexibility index (Phi) is 5.49. The van der Waals surface area contributed by atoms with Crippen molar-refractivity contribution < 1.29 is 18.3 Å². The second-order valence-electron chi connectivity index (χ2n) is 4.65. The minimum Gasteiger partial charge on any atom is -0.435 e. The van der Waals surface area contributed by atoms with E-state index < -0.39 is 6.61 Å². The Morgan fingerprint density at radius 1 is 1.18 bits per heavy atom. The van der Waals surface area contributed by atoms with Gasteiger partial charge in [-0.3, -0.25) is 4.79 Å². The van der Waals surface area contributed by atoms with E-state index in [1.54, 1.807) is 43.3 Å². The Hall–Kier alpha value is -1.95. The molecule has 6 heteroatoms. The number of rotatable bonds is 5. The Balaban J connectivity index is 2.06. The first-order valence-electron chi connectivity index (χ1n) is 6.57. The number of nitrogens with one attached hydrogen (secondary N) is 1. The molecular weight excluding hydrogens is 356 g/mol. The number of benzene rings is 2. The van der Waals surface area contributed by atoms with Gasteiger partial charge in [-0.05, 0) is 48.9 Å². The monoisotopic (exact) mass is 369 g/mol. The SMILES string of the molecule is CC(NC(=O)c1ccc(Br)cc1)c1cccc(OC(F)F)c1. The van der Waals surface area contributed by atoms with E-state index in [4.69, 9.17) is 0 Å². The molecule has 3 nitrogen and oxygen atoms in total. The molecule has 1 atom stereocenters. The summed E-state index contributed by atoms with van der Waals surface area (Å²) < 4.78 is 29.7. The number of hydrogen-bond acceptors (Lipinski definition) is 2. The number of carbonyl (C=O) groups is 1. The molecule has 0 spiro atoms. The molecule has 1 N–H and O–H groups in total. The van der Waals surface area contributed by atoms with Crippen molar-refractivity contribution in [2.24, 2.45) is 0 Å². The number of halogens is 3. The fraction of sp³-hybridized carbons (Fsp3) is 0.188. The third-order valence-corrected chi connectivity index (χ3v) is 3.57. The molecule has 1 amide bonds. The maximum absolute atomic E-state index is 12.2. The summed E-state index contributed by atoms with van der Waals surface area (Å²) >= 11 is 3.30. The zero-order valence-electron chi connectivity index (χ0n) is 11.7. The molecule has 0 radical (unpaired) electrons. The summed E-state index contributed by atoms with van der Waals surface area (Å²) in [6.07, 6.45) is 0. The molecule has 0 aliphatic heterocycles. The van der Waals surface area contributed by atoms with Crippen LogP contribution in [0.25, 0.3) is 0 Å². The van der Waals surface area contributed by atoms with Crippen LogP contribution in [-0.2, 0) is 0 Å². The highest BCUT2D eigenvalue weighted by atomic mass is 79.9. The lowest BCUT2D eigenvalue weighted by molar-refractivity contribution is -0.0499. The van der Waals surface area contributed by atoms with Crippen molar-refractivity contribution in [3.05, 3.63) is 64.1 Å². The van der Waals surface area contributed by atoms with Gasteiger partial charge in [-0.25, -0.2) is 0 Å². The van der Waals surface area contributed by atoms with E-state index in [1.165, 1.54) is 12.1 Å². The molecular formula is C16H14BrF2NO2. The van der Waals surface area contributed by atoms with Gasteiger partial charge in [0.15, 0.2) is 0 Å². The van der Waals surface area contributed by atoms with E-state index in [1.807, 2.05) is 0 Å². The summed E-state index contributed by atoms with van der Waals surface area (Å²) in [6, 6.07) is 12.9. The summed E-state index contributed by atoms with van der Waals surface area (Å²) in [6.45, 7) is -1.10. The first-order valence-corrected chi connectivity index (χ1v) is 7.36. The van der Waals surface area contributed by atoms with Crippen LogP contribution >= 0.6 is 15.9 Å². The van der Waals surface area contributed by atoms with E-state index in [2.05, 4.69) is 26.0 Å². The Morgan fingerprint density at radius 3 is 2.50 bits per heavy atom. The van der Waals surface area contributed by atoms with Crippen LogP contribution in [0.4, 0.5) is 8.78 Å². The summed E-state index contributed by atoms with van der Waals surface area (Å²) in [5, 5.41) is 2.82. The zero-order chi connectivity index (χ0) is 16.1. The summed E-state index contributed by atoms with van der Waals surface area (Å²) in [5.74, 6) is -0.169. The minimum atomic E-state index is -2.87. The van der Waals surface area contributed by atoms with Gasteiger partial charge in [0.1, 0.15) is 5.75 Å². The van der Waals surface area contributed by atoms with Crippen LogP contribution in [-0.4, -0.2) is 12.5 Å². The van der Waals surface area contributed by atoms with E-state index >= 15 is 0 Å². The van der Waals surface area contributed by atoms with E-state index in [0.717, 1.165) is 4.47 Å². The average molecular weight is 370 g/mol. The first kappa shape index (κ1) is 16.4. The van der Waals surface area contributed by atoms with Crippen molar-refractivity contribution >= 4 is 21.8 Å². The quantitative estimate of drug-likeness (QED) is 0.839. The van der Waals surface area contributed by atoms with Gasteiger partial charge in [0, 0.05) is 10.0 Å². The maximum atomic E-state index is 12.2. The van der Waals surface area contributed by atoms with Crippen LogP contribution in [0.1, 0.15) is 28.9 Å². The predicted molar refractivity (Wildman–Crippen MR) is 83.1 cm³/mol. The van der Waals surface area contributed by atoms with Crippen molar-refractivity contribution in [3.63, 3.8) is 0 Å². The molecule has 0 fully saturated rings. The van der Waals surface area contributed by atoms with Gasteiger partial charge in [0.05, 0.1) is 6.04 Å². The predicted octanol–water partition coefficient (Wildman–Crippen LogP) is 4.54. The Labute approximate surface area is 135 Å². The lowest BCUT2D eigenvalue weighted by Gasteiger charge is -2.15. The van der Waals surface area contributed by atoms with E-state index in [-0.39, 0.29) is 17.7 Å². The highest BCUT2D eigenvalue weighted by Crippen LogP contribution is 2.21. The van der Waals surface area contributed by atoms with Gasteiger partial charge in [-0.15, -0.1) is 0 Å². The number of hydrogen-bond donors (Lipinski definition) is 1. The molecule has 0 heterocycles. The normalized spacial score (nSPS) is 12.0. The van der Waals surface area contributed by atoms with Crippen molar-refractivity contribution in [2.45, 2.75) is 19.6 Å². The summed E-state index contributed by atoms with van der Waals surface area (Å²) in [4.78, 5) is 12.1. The number of amides is 1. The molecule has 0 aliphatic carbocycles. The average Bonchev–Trinajstić information content (AvgIpc) is 2.47. The second-order valence-corrected chi connectivity index (χ2v) is 5.57. The lowest BCUT2D eigenvalue weighted by atomic mass is 10.1. The van der Waals surface area contributed by atoms with Gasteiger partial charge >= 0.3 is 6.61 Å². The molecule has 0 aliphatic rings. The molecule has 0 saturated carbocycles. The summed E-state index contributed by atoms with van der Waals surface area (Å²) in [7, 11) is 0. The highest BCUT2D eigenvalue weighted by Gasteiger charge is 2.13. The van der Waals surface area contributed by atoms with Crippen molar-refractivity contribution in [2.75, 3.05) is 0 Å². The minimum absolute atomic E-state index is 0.0669. The van der Waals surface area contributed by atoms with Gasteiger partial charge in [-0.2, -0.15) is 8.78 Å². The van der Waals surface area contributed by atoms with Crippen LogP contribution in [0, 0.1) is 0 Å². The molecule has 2 aromatic carbocycles. The molecule has 0 bridgehead atoms. The van der Waals surface area contributed by atoms with E-state index in [9.17, 15) is 13.6 Å². The van der Waals surface area contributed by atoms with Crippen LogP contribution < -0.4 is 10.1 Å². The Morgan fingerprint density at radius 2 is 1.86 bits per heavy atom. The number of alkyl halides is 2. The van der Waals surface area contributed by atoms with Gasteiger partial charge < -0.3 is 10.1 Å². The largest absolute Gasteiger partial charge is 0.435 e. The van der Waals surface area contributed by atoms with E-state index in [0.29, 0.717) is 11.1 Å². The number of ether oxygens (including phenoxy) is 1. The molecule has 116 valence electrons. The molecule has 2 rings (SSSR count). The molecule has 1 unspecified atom stereocenters. The smallest absolute Gasteiger partial charge is 0.387 e. The molecule has 2 aromatic rings. The van der Waals surface area contributed by atoms with Crippen molar-refractivity contribution in [1.29, 1.82) is 0 Å². The van der Waals surface area contributed by atoms with Crippen LogP contribution in [0.5, 0.6) is 5.75 Å². The maximum Gasteiger partial charge on any atom is 0.387 e. The lowest BCUT2D eigenvalue weighted by Crippen LogP contribution is -2.26. The zero-order valence-corrected chi connectivity index (χ0v) is 13.3. The fourth-order valence-electron chi connectivity index (χ4n) is 1.92. The second kappa shape index (κ2) is 7.35. The highest BCUT2D eigenvalue weighted by molar-refractivity contribution is 9.10. The van der Waals surface area contributed by atoms with Crippen LogP contribution in [0.15, 0.2) is 53.0 Å². The van der Waals surface area contributed by atoms with Gasteiger partial charge in [-0.1, -0.05) is 28.1 Å². The van der Waals surface area contributed by atoms with Gasteiger partial charge in [0.2, 0.25) is 0 Å². The molecule has 0 saturated heterocycles. The topological polar surface area (TPSA) is 38.3 Å². The third kappa shape index (κ3) is 4.53. The summed E-state index contributed by atoms with van der Waals surface area (Å²) in [5.41, 5.74) is 1.21. The van der Waals surface area contributed by atoms with Crippen LogP contribution in [0.3, 0.4) is 0 Å². The first-order chi connectivity index (χ1) is 10.5. The fourth-order valence-corrected chi connectivity index (χ4v) is 2.19. The molecule has 22 heavy (non-hydrogen) atoms.